The Morgan fingerprint density at radius 1 is 0.815 bits per heavy atom. The van der Waals surface area contributed by atoms with Crippen molar-refractivity contribution in [3.63, 3.8) is 0 Å². The first-order valence-corrected chi connectivity index (χ1v) is 10.9. The maximum Gasteiger partial charge on any atom is 0.171 e. The number of nitrogens with zero attached hydrogens (tertiary/aromatic N) is 2. The van der Waals surface area contributed by atoms with E-state index in [0.29, 0.717) is 0 Å². The lowest BCUT2D eigenvalue weighted by Gasteiger charge is -2.12. The van der Waals surface area contributed by atoms with Crippen LogP contribution >= 0.6 is 0 Å². The number of aryl methyl sites for hydroxylation is 2. The van der Waals surface area contributed by atoms with Crippen LogP contribution in [-0.4, -0.2) is 25.8 Å². The summed E-state index contributed by atoms with van der Waals surface area (Å²) in [6.45, 7) is 1.06. The lowest BCUT2D eigenvalue weighted by Crippen LogP contribution is -3.00. The second-order valence-electron chi connectivity index (χ2n) is 7.76. The van der Waals surface area contributed by atoms with Crippen LogP contribution in [0.15, 0.2) is 24.5 Å². The molecule has 1 heterocycles. The van der Waals surface area contributed by atoms with E-state index in [1.807, 2.05) is 12.1 Å². The molecule has 4 heteroatoms. The fourth-order valence-corrected chi connectivity index (χ4v) is 3.50. The van der Waals surface area contributed by atoms with Crippen LogP contribution in [0.1, 0.15) is 89.0 Å². The summed E-state index contributed by atoms with van der Waals surface area (Å²) < 4.78 is 2.15. The van der Waals surface area contributed by atoms with Crippen molar-refractivity contribution in [2.75, 3.05) is 20.7 Å². The molecule has 0 fully saturated rings. The first kappa shape index (κ1) is 26.8. The van der Waals surface area contributed by atoms with Gasteiger partial charge >= 0.3 is 0 Å². The first-order valence-electron chi connectivity index (χ1n) is 10.9. The summed E-state index contributed by atoms with van der Waals surface area (Å²) >= 11 is 0. The van der Waals surface area contributed by atoms with Gasteiger partial charge in [-0.3, -0.25) is 0 Å². The Kier molecular flexibility index (Phi) is 19.0. The van der Waals surface area contributed by atoms with Crippen molar-refractivity contribution >= 4 is 0 Å². The van der Waals surface area contributed by atoms with E-state index < -0.39 is 0 Å². The highest BCUT2D eigenvalue weighted by molar-refractivity contribution is 5.05. The van der Waals surface area contributed by atoms with Gasteiger partial charge < -0.3 is 28.8 Å². The molecule has 0 bridgehead atoms. The van der Waals surface area contributed by atoms with Crippen LogP contribution in [0.2, 0.25) is 0 Å². The summed E-state index contributed by atoms with van der Waals surface area (Å²) in [5.41, 5.74) is 1.47. The zero-order valence-corrected chi connectivity index (χ0v) is 20.3. The summed E-state index contributed by atoms with van der Waals surface area (Å²) in [4.78, 5) is 5.12. The third-order valence-electron chi connectivity index (χ3n) is 5.25. The quantitative estimate of drug-likeness (QED) is 0.145. The average Bonchev–Trinajstić information content (AvgIpc) is 2.64. The maximum atomic E-state index is 5.12. The van der Waals surface area contributed by atoms with Gasteiger partial charge in [-0.15, -0.1) is 0 Å². The fraction of sp³-hybridized carbons (Fsp3) is 0.783. The number of rotatable bonds is 17. The number of halogens is 1. The molecule has 0 unspecified atom stereocenters. The van der Waals surface area contributed by atoms with Crippen LogP contribution in [0.4, 0.5) is 0 Å². The molecule has 0 amide bonds. The van der Waals surface area contributed by atoms with Gasteiger partial charge in [-0.05, 0) is 25.3 Å². The predicted octanol–water partition coefficient (Wildman–Crippen LogP) is 2.62. The Balaban J connectivity index is 0.00000676. The van der Waals surface area contributed by atoms with E-state index in [1.165, 1.54) is 95.5 Å². The topological polar surface area (TPSA) is 16.4 Å². The van der Waals surface area contributed by atoms with Gasteiger partial charge in [-0.25, -0.2) is 4.57 Å². The molecule has 27 heavy (non-hydrogen) atoms. The van der Waals surface area contributed by atoms with Gasteiger partial charge in [0.2, 0.25) is 0 Å². The minimum absolute atomic E-state index is 0. The summed E-state index contributed by atoms with van der Waals surface area (Å²) in [5, 5.41) is 1.92. The molecule has 1 aromatic heterocycles. The number of hydrogen-bond donors (Lipinski definition) is 0. The molecule has 1 rings (SSSR count). The number of aromatic nitrogens is 1. The van der Waals surface area contributed by atoms with Crippen molar-refractivity contribution in [2.24, 2.45) is 7.05 Å². The second-order valence-corrected chi connectivity index (χ2v) is 7.76. The molecule has 0 aliphatic heterocycles. The molecule has 3 nitrogen and oxygen atoms in total. The minimum atomic E-state index is 0. The van der Waals surface area contributed by atoms with Crippen molar-refractivity contribution in [3.05, 3.63) is 30.1 Å². The molecule has 0 saturated heterocycles. The van der Waals surface area contributed by atoms with Crippen LogP contribution in [0.25, 0.3) is 0 Å². The first-order chi connectivity index (χ1) is 12.7. The van der Waals surface area contributed by atoms with E-state index in [-0.39, 0.29) is 24.0 Å². The van der Waals surface area contributed by atoms with E-state index in [1.54, 1.807) is 7.11 Å². The molecule has 0 atom stereocenters. The van der Waals surface area contributed by atoms with Crippen LogP contribution in [0.3, 0.4) is 0 Å². The smallest absolute Gasteiger partial charge is 0.171 e. The van der Waals surface area contributed by atoms with E-state index in [4.69, 9.17) is 4.84 Å². The highest BCUT2D eigenvalue weighted by Gasteiger charge is 1.99. The standard InChI is InChI=1S/C23H43N2O.HI/c1-24-20-17-19-23(22-24)18-15-13-11-9-7-5-4-6-8-10-12-14-16-21-25(2)26-3;/h17,19-20,22H,4-16,18,21H2,1-3H3;1H/q+1;/p-1. The molecule has 0 radical (unpaired) electrons. The Morgan fingerprint density at radius 2 is 1.30 bits per heavy atom. The molecular formula is C23H43IN2O. The molecule has 0 aliphatic rings. The number of hydrogen-bond acceptors (Lipinski definition) is 2. The molecule has 0 aliphatic carbocycles. The van der Waals surface area contributed by atoms with Gasteiger partial charge in [-0.1, -0.05) is 70.6 Å². The van der Waals surface area contributed by atoms with Gasteiger partial charge in [0.15, 0.2) is 12.4 Å². The molecule has 0 saturated carbocycles. The lowest BCUT2D eigenvalue weighted by atomic mass is 10.0. The third kappa shape index (κ3) is 16.5. The van der Waals surface area contributed by atoms with E-state index in [0.717, 1.165) is 6.54 Å². The van der Waals surface area contributed by atoms with E-state index >= 15 is 0 Å². The summed E-state index contributed by atoms with van der Waals surface area (Å²) in [6.07, 6.45) is 23.7. The van der Waals surface area contributed by atoms with Gasteiger partial charge in [0.1, 0.15) is 7.05 Å². The Morgan fingerprint density at radius 3 is 1.78 bits per heavy atom. The highest BCUT2D eigenvalue weighted by atomic mass is 127. The van der Waals surface area contributed by atoms with Gasteiger partial charge in [0, 0.05) is 25.2 Å². The zero-order valence-electron chi connectivity index (χ0n) is 18.1. The molecule has 1 aromatic rings. The largest absolute Gasteiger partial charge is 1.00 e. The molecule has 0 N–H and O–H groups in total. The molecular weight excluding hydrogens is 447 g/mol. The van der Waals surface area contributed by atoms with Gasteiger partial charge in [-0.2, -0.15) is 5.06 Å². The van der Waals surface area contributed by atoms with Crippen LogP contribution in [0, 0.1) is 0 Å². The third-order valence-corrected chi connectivity index (χ3v) is 5.25. The van der Waals surface area contributed by atoms with Crippen molar-refractivity contribution in [3.8, 4) is 0 Å². The molecule has 158 valence electrons. The van der Waals surface area contributed by atoms with E-state index in [9.17, 15) is 0 Å². The Bertz CT molecular complexity index is 442. The minimum Gasteiger partial charge on any atom is -1.00 e. The number of pyridine rings is 1. The monoisotopic (exact) mass is 490 g/mol. The summed E-state index contributed by atoms with van der Waals surface area (Å²) in [5.74, 6) is 0. The molecule has 0 spiro atoms. The fourth-order valence-electron chi connectivity index (χ4n) is 3.50. The van der Waals surface area contributed by atoms with E-state index in [2.05, 4.69) is 36.1 Å². The van der Waals surface area contributed by atoms with Crippen LogP contribution in [0.5, 0.6) is 0 Å². The summed E-state index contributed by atoms with van der Waals surface area (Å²) in [7, 11) is 5.85. The average molecular weight is 491 g/mol. The number of hydroxylamine groups is 2. The zero-order chi connectivity index (χ0) is 18.9. The van der Waals surface area contributed by atoms with Gasteiger partial charge in [0.05, 0.1) is 7.11 Å². The molecule has 0 aromatic carbocycles. The number of unbranched alkanes of at least 4 members (excludes halogenated alkanes) is 12. The van der Waals surface area contributed by atoms with Crippen molar-refractivity contribution in [2.45, 2.75) is 89.9 Å². The van der Waals surface area contributed by atoms with Crippen molar-refractivity contribution < 1.29 is 33.4 Å². The lowest BCUT2D eigenvalue weighted by molar-refractivity contribution is -0.671. The van der Waals surface area contributed by atoms with Gasteiger partial charge in [0.25, 0.3) is 0 Å². The van der Waals surface area contributed by atoms with Crippen molar-refractivity contribution in [1.82, 2.24) is 5.06 Å². The van der Waals surface area contributed by atoms with Crippen LogP contribution < -0.4 is 28.5 Å². The van der Waals surface area contributed by atoms with Crippen molar-refractivity contribution in [1.29, 1.82) is 0 Å². The second kappa shape index (κ2) is 19.1. The maximum absolute atomic E-state index is 5.12. The Hall–Kier alpha value is -0.200. The predicted molar refractivity (Wildman–Crippen MR) is 111 cm³/mol. The Labute approximate surface area is 185 Å². The summed E-state index contributed by atoms with van der Waals surface area (Å²) in [6, 6.07) is 4.40. The SMILES string of the molecule is CON(C)CCCCCCCCCCCCCCCc1ccc[n+](C)c1.[I-]. The van der Waals surface area contributed by atoms with Crippen LogP contribution in [-0.2, 0) is 18.3 Å². The normalized spacial score (nSPS) is 11.0. The highest BCUT2D eigenvalue weighted by Crippen LogP contribution is 2.13.